The minimum Gasteiger partial charge on any atom is -0.368 e. The maximum atomic E-state index is 11.4. The lowest BCUT2D eigenvalue weighted by molar-refractivity contribution is 0.567. The van der Waals surface area contributed by atoms with Gasteiger partial charge in [0.15, 0.2) is 0 Å². The molecule has 2 fully saturated rings. The predicted molar refractivity (Wildman–Crippen MR) is 84.8 cm³/mol. The van der Waals surface area contributed by atoms with Gasteiger partial charge in [0.25, 0.3) is 0 Å². The number of nitrogen functional groups attached to an aromatic ring is 1. The Hall–Kier alpha value is -1.44. The van der Waals surface area contributed by atoms with E-state index in [1.165, 1.54) is 19.3 Å². The summed E-state index contributed by atoms with van der Waals surface area (Å²) in [5, 5.41) is 3.32. The molecule has 0 aromatic carbocycles. The lowest BCUT2D eigenvalue weighted by Gasteiger charge is -2.27. The van der Waals surface area contributed by atoms with Gasteiger partial charge in [-0.1, -0.05) is 0 Å². The Balaban J connectivity index is 1.70. The number of nitrogens with two attached hydrogens (primary N) is 1. The van der Waals surface area contributed by atoms with Crippen LogP contribution >= 0.6 is 0 Å². The molecule has 1 aromatic heterocycles. The predicted octanol–water partition coefficient (Wildman–Crippen LogP) is 0.767. The van der Waals surface area contributed by atoms with Gasteiger partial charge in [0, 0.05) is 41.4 Å². The van der Waals surface area contributed by atoms with Crippen molar-refractivity contribution in [2.75, 3.05) is 40.5 Å². The molecule has 2 aliphatic rings. The van der Waals surface area contributed by atoms with Crippen molar-refractivity contribution < 1.29 is 4.21 Å². The molecule has 116 valence electrons. The van der Waals surface area contributed by atoms with Crippen molar-refractivity contribution in [1.82, 2.24) is 15.0 Å². The first-order valence-corrected chi connectivity index (χ1v) is 9.07. The van der Waals surface area contributed by atoms with Crippen molar-refractivity contribution in [3.05, 3.63) is 0 Å². The van der Waals surface area contributed by atoms with Crippen LogP contribution in [0.25, 0.3) is 0 Å². The van der Waals surface area contributed by atoms with E-state index in [0.29, 0.717) is 11.9 Å². The van der Waals surface area contributed by atoms with Gasteiger partial charge in [0.2, 0.25) is 17.8 Å². The van der Waals surface area contributed by atoms with E-state index in [1.54, 1.807) is 0 Å². The Kier molecular flexibility index (Phi) is 4.52. The summed E-state index contributed by atoms with van der Waals surface area (Å²) in [6.07, 6.45) is 5.38. The number of hydrogen-bond acceptors (Lipinski definition) is 7. The third-order valence-corrected chi connectivity index (χ3v) is 5.38. The van der Waals surface area contributed by atoms with Crippen molar-refractivity contribution in [1.29, 1.82) is 0 Å². The molecule has 2 saturated heterocycles. The molecule has 1 aromatic rings. The molecule has 0 saturated carbocycles. The van der Waals surface area contributed by atoms with Crippen LogP contribution in [0.5, 0.6) is 0 Å². The molecule has 0 amide bonds. The van der Waals surface area contributed by atoms with Crippen LogP contribution in [0, 0.1) is 0 Å². The Labute approximate surface area is 127 Å². The summed E-state index contributed by atoms with van der Waals surface area (Å²) in [6, 6.07) is 0.277. The van der Waals surface area contributed by atoms with E-state index in [2.05, 4.69) is 25.2 Å². The number of piperidine rings is 1. The summed E-state index contributed by atoms with van der Waals surface area (Å²) in [4.78, 5) is 15.1. The highest BCUT2D eigenvalue weighted by molar-refractivity contribution is 7.85. The largest absolute Gasteiger partial charge is 0.368 e. The van der Waals surface area contributed by atoms with Crippen LogP contribution < -0.4 is 16.0 Å². The Bertz CT molecular complexity index is 509. The second-order valence-corrected chi connectivity index (χ2v) is 7.33. The summed E-state index contributed by atoms with van der Waals surface area (Å²) in [7, 11) is -0.658. The van der Waals surface area contributed by atoms with Gasteiger partial charge in [0.1, 0.15) is 0 Å². The van der Waals surface area contributed by atoms with Crippen molar-refractivity contribution in [2.45, 2.75) is 38.1 Å². The van der Waals surface area contributed by atoms with Gasteiger partial charge in [-0.15, -0.1) is 0 Å². The quantitative estimate of drug-likeness (QED) is 0.851. The zero-order valence-corrected chi connectivity index (χ0v) is 12.9. The summed E-state index contributed by atoms with van der Waals surface area (Å²) in [6.45, 7) is 1.95. The van der Waals surface area contributed by atoms with Crippen LogP contribution in [-0.2, 0) is 10.8 Å². The van der Waals surface area contributed by atoms with Crippen molar-refractivity contribution in [3.63, 3.8) is 0 Å². The Morgan fingerprint density at radius 1 is 1.10 bits per heavy atom. The molecule has 3 N–H and O–H groups in total. The molecule has 0 spiro atoms. The zero-order valence-electron chi connectivity index (χ0n) is 12.1. The van der Waals surface area contributed by atoms with Gasteiger partial charge in [-0.2, -0.15) is 15.0 Å². The topological polar surface area (TPSA) is 97.0 Å². The smallest absolute Gasteiger partial charge is 0.231 e. The summed E-state index contributed by atoms with van der Waals surface area (Å²) in [5.74, 6) is 2.96. The number of anilines is 3. The second kappa shape index (κ2) is 6.55. The molecule has 2 aliphatic heterocycles. The molecule has 0 radical (unpaired) electrons. The van der Waals surface area contributed by atoms with Crippen LogP contribution in [-0.4, -0.2) is 49.8 Å². The summed E-state index contributed by atoms with van der Waals surface area (Å²) in [5.41, 5.74) is 5.82. The van der Waals surface area contributed by atoms with Gasteiger partial charge in [-0.3, -0.25) is 4.21 Å². The standard InChI is InChI=1S/C13H22N6OS/c14-11-16-12(15-10-4-8-21(20)9-5-10)18-13(17-11)19-6-2-1-3-7-19/h10H,1-9H2,(H3,14,15,16,17,18). The van der Waals surface area contributed by atoms with Gasteiger partial charge < -0.3 is 16.0 Å². The molecule has 3 heterocycles. The van der Waals surface area contributed by atoms with E-state index in [4.69, 9.17) is 5.73 Å². The highest BCUT2D eigenvalue weighted by Crippen LogP contribution is 2.19. The first kappa shape index (κ1) is 14.5. The van der Waals surface area contributed by atoms with Crippen LogP contribution in [0.15, 0.2) is 0 Å². The van der Waals surface area contributed by atoms with Gasteiger partial charge in [-0.25, -0.2) is 0 Å². The monoisotopic (exact) mass is 310 g/mol. The molecule has 0 atom stereocenters. The van der Waals surface area contributed by atoms with Crippen molar-refractivity contribution in [3.8, 4) is 0 Å². The molecule has 21 heavy (non-hydrogen) atoms. The Morgan fingerprint density at radius 3 is 2.52 bits per heavy atom. The number of rotatable bonds is 3. The minimum absolute atomic E-state index is 0.257. The van der Waals surface area contributed by atoms with Crippen molar-refractivity contribution >= 4 is 28.6 Å². The lowest BCUT2D eigenvalue weighted by atomic mass is 10.1. The molecule has 0 aliphatic carbocycles. The third-order valence-electron chi connectivity index (χ3n) is 4.00. The molecule has 3 rings (SSSR count). The average molecular weight is 310 g/mol. The lowest BCUT2D eigenvalue weighted by Crippen LogP contribution is -2.33. The van der Waals surface area contributed by atoms with E-state index >= 15 is 0 Å². The third kappa shape index (κ3) is 3.81. The van der Waals surface area contributed by atoms with Crippen LogP contribution in [0.1, 0.15) is 32.1 Å². The van der Waals surface area contributed by atoms with Gasteiger partial charge in [0.05, 0.1) is 0 Å². The molecule has 8 heteroatoms. The number of nitrogens with zero attached hydrogens (tertiary/aromatic N) is 4. The molecule has 0 unspecified atom stereocenters. The fourth-order valence-electron chi connectivity index (χ4n) is 2.80. The maximum absolute atomic E-state index is 11.4. The minimum atomic E-state index is -0.658. The van der Waals surface area contributed by atoms with Gasteiger partial charge in [-0.05, 0) is 32.1 Å². The van der Waals surface area contributed by atoms with Crippen molar-refractivity contribution in [2.24, 2.45) is 0 Å². The number of aromatic nitrogens is 3. The average Bonchev–Trinajstić information content (AvgIpc) is 2.50. The molecular formula is C13H22N6OS. The number of hydrogen-bond donors (Lipinski definition) is 2. The summed E-state index contributed by atoms with van der Waals surface area (Å²) < 4.78 is 11.4. The molecule has 0 bridgehead atoms. The SMILES string of the molecule is Nc1nc(NC2CCS(=O)CC2)nc(N2CCCCC2)n1. The number of nitrogens with one attached hydrogen (secondary N) is 1. The van der Waals surface area contributed by atoms with E-state index in [9.17, 15) is 4.21 Å². The van der Waals surface area contributed by atoms with Gasteiger partial charge >= 0.3 is 0 Å². The first-order valence-electron chi connectivity index (χ1n) is 7.59. The fourth-order valence-corrected chi connectivity index (χ4v) is 4.10. The summed E-state index contributed by atoms with van der Waals surface area (Å²) >= 11 is 0. The van der Waals surface area contributed by atoms with E-state index in [1.807, 2.05) is 0 Å². The van der Waals surface area contributed by atoms with E-state index < -0.39 is 10.8 Å². The Morgan fingerprint density at radius 2 is 1.81 bits per heavy atom. The van der Waals surface area contributed by atoms with Crippen LogP contribution in [0.2, 0.25) is 0 Å². The van der Waals surface area contributed by atoms with Crippen LogP contribution in [0.4, 0.5) is 17.8 Å². The normalized spacial score (nSPS) is 26.6. The fraction of sp³-hybridized carbons (Fsp3) is 0.769. The van der Waals surface area contributed by atoms with E-state index in [0.717, 1.165) is 37.4 Å². The highest BCUT2D eigenvalue weighted by Gasteiger charge is 2.20. The maximum Gasteiger partial charge on any atom is 0.231 e. The molecule has 7 nitrogen and oxygen atoms in total. The highest BCUT2D eigenvalue weighted by atomic mass is 32.2. The van der Waals surface area contributed by atoms with Crippen LogP contribution in [0.3, 0.4) is 0 Å². The second-order valence-electron chi connectivity index (χ2n) is 5.63. The van der Waals surface area contributed by atoms with E-state index in [-0.39, 0.29) is 12.0 Å². The molecular weight excluding hydrogens is 288 g/mol. The zero-order chi connectivity index (χ0) is 14.7. The first-order chi connectivity index (χ1) is 10.2.